The Hall–Kier alpha value is -0.610. The molecule has 0 aliphatic heterocycles. The van der Waals surface area contributed by atoms with Crippen LogP contribution in [0.15, 0.2) is 0 Å². The van der Waals surface area contributed by atoms with Crippen molar-refractivity contribution >= 4 is 5.91 Å². The molecule has 4 heteroatoms. The maximum absolute atomic E-state index is 11.5. The summed E-state index contributed by atoms with van der Waals surface area (Å²) in [6, 6.07) is 0. The van der Waals surface area contributed by atoms with E-state index in [4.69, 9.17) is 0 Å². The number of likely N-dealkylation sites (N-methyl/N-ethyl adjacent to an activating group) is 1. The number of hydrogen-bond donors (Lipinski definition) is 2. The highest BCUT2D eigenvalue weighted by molar-refractivity contribution is 5.75. The van der Waals surface area contributed by atoms with E-state index in [0.29, 0.717) is 6.42 Å². The van der Waals surface area contributed by atoms with Gasteiger partial charge < -0.3 is 15.5 Å². The summed E-state index contributed by atoms with van der Waals surface area (Å²) in [5.41, 5.74) is 0. The minimum atomic E-state index is 0.199. The first-order valence-electron chi connectivity index (χ1n) is 7.79. The zero-order valence-corrected chi connectivity index (χ0v) is 13.1. The molecule has 114 valence electrons. The zero-order valence-electron chi connectivity index (χ0n) is 13.1. The lowest BCUT2D eigenvalue weighted by Crippen LogP contribution is -2.34. The fourth-order valence-corrected chi connectivity index (χ4v) is 1.87. The fraction of sp³-hybridized carbons (Fsp3) is 0.933. The van der Waals surface area contributed by atoms with Crippen LogP contribution in [0.5, 0.6) is 0 Å². The van der Waals surface area contributed by atoms with Crippen molar-refractivity contribution in [2.45, 2.75) is 51.9 Å². The standard InChI is InChI=1S/C15H33N3O/c1-4-5-6-7-8-9-10-15(19)17-12-11-16-13-14-18(2)3/h16H,4-14H2,1-3H3,(H,17,19). The van der Waals surface area contributed by atoms with E-state index in [1.54, 1.807) is 0 Å². The molecule has 1 amide bonds. The van der Waals surface area contributed by atoms with Gasteiger partial charge in [-0.05, 0) is 20.5 Å². The Balaban J connectivity index is 3.17. The molecule has 0 saturated carbocycles. The van der Waals surface area contributed by atoms with Gasteiger partial charge in [-0.15, -0.1) is 0 Å². The third kappa shape index (κ3) is 15.3. The van der Waals surface area contributed by atoms with Crippen LogP contribution in [0.1, 0.15) is 51.9 Å². The van der Waals surface area contributed by atoms with Gasteiger partial charge in [0.25, 0.3) is 0 Å². The van der Waals surface area contributed by atoms with Crippen molar-refractivity contribution < 1.29 is 4.79 Å². The normalized spacial score (nSPS) is 10.9. The lowest BCUT2D eigenvalue weighted by atomic mass is 10.1. The molecule has 0 fully saturated rings. The van der Waals surface area contributed by atoms with E-state index in [1.165, 1.54) is 32.1 Å². The Morgan fingerprint density at radius 2 is 1.63 bits per heavy atom. The second-order valence-corrected chi connectivity index (χ2v) is 5.42. The van der Waals surface area contributed by atoms with E-state index < -0.39 is 0 Å². The van der Waals surface area contributed by atoms with Gasteiger partial charge in [0.2, 0.25) is 5.91 Å². The summed E-state index contributed by atoms with van der Waals surface area (Å²) in [6.07, 6.45) is 8.09. The highest BCUT2D eigenvalue weighted by Crippen LogP contribution is 2.06. The van der Waals surface area contributed by atoms with Crippen molar-refractivity contribution in [3.05, 3.63) is 0 Å². The SMILES string of the molecule is CCCCCCCCC(=O)NCCNCCN(C)C. The third-order valence-corrected chi connectivity index (χ3v) is 3.12. The Morgan fingerprint density at radius 1 is 0.947 bits per heavy atom. The van der Waals surface area contributed by atoms with Gasteiger partial charge in [-0.3, -0.25) is 4.79 Å². The van der Waals surface area contributed by atoms with E-state index >= 15 is 0 Å². The molecule has 19 heavy (non-hydrogen) atoms. The van der Waals surface area contributed by atoms with E-state index in [2.05, 4.69) is 36.6 Å². The topological polar surface area (TPSA) is 44.4 Å². The molecule has 2 N–H and O–H groups in total. The Kier molecular flexibility index (Phi) is 13.4. The van der Waals surface area contributed by atoms with Crippen molar-refractivity contribution in [3.8, 4) is 0 Å². The number of hydrogen-bond acceptors (Lipinski definition) is 3. The summed E-state index contributed by atoms with van der Waals surface area (Å²) in [5.74, 6) is 0.199. The molecule has 0 aliphatic carbocycles. The molecule has 0 atom stereocenters. The van der Waals surface area contributed by atoms with Crippen molar-refractivity contribution in [2.75, 3.05) is 40.3 Å². The number of nitrogens with one attached hydrogen (secondary N) is 2. The zero-order chi connectivity index (χ0) is 14.3. The van der Waals surface area contributed by atoms with Crippen LogP contribution in [-0.2, 0) is 4.79 Å². The van der Waals surface area contributed by atoms with Gasteiger partial charge in [-0.1, -0.05) is 39.0 Å². The van der Waals surface area contributed by atoms with Crippen molar-refractivity contribution in [1.29, 1.82) is 0 Å². The molecule has 4 nitrogen and oxygen atoms in total. The largest absolute Gasteiger partial charge is 0.355 e. The maximum atomic E-state index is 11.5. The summed E-state index contributed by atoms with van der Waals surface area (Å²) < 4.78 is 0. The van der Waals surface area contributed by atoms with Crippen molar-refractivity contribution in [3.63, 3.8) is 0 Å². The molecule has 0 unspecified atom stereocenters. The van der Waals surface area contributed by atoms with E-state index in [1.807, 2.05) is 0 Å². The van der Waals surface area contributed by atoms with Crippen LogP contribution in [0, 0.1) is 0 Å². The summed E-state index contributed by atoms with van der Waals surface area (Å²) in [6.45, 7) is 5.82. The molecule has 0 aromatic heterocycles. The first-order chi connectivity index (χ1) is 9.16. The predicted molar refractivity (Wildman–Crippen MR) is 82.4 cm³/mol. The van der Waals surface area contributed by atoms with Crippen LogP contribution in [-0.4, -0.2) is 51.1 Å². The highest BCUT2D eigenvalue weighted by atomic mass is 16.1. The van der Waals surface area contributed by atoms with Crippen LogP contribution >= 0.6 is 0 Å². The Labute approximate surface area is 119 Å². The first kappa shape index (κ1) is 18.4. The van der Waals surface area contributed by atoms with Gasteiger partial charge in [-0.2, -0.15) is 0 Å². The molecule has 0 heterocycles. The fourth-order valence-electron chi connectivity index (χ4n) is 1.87. The van der Waals surface area contributed by atoms with E-state index in [-0.39, 0.29) is 5.91 Å². The molecule has 0 saturated heterocycles. The number of carbonyl (C=O) groups excluding carboxylic acids is 1. The molecule has 0 rings (SSSR count). The molecule has 0 aliphatic rings. The summed E-state index contributed by atoms with van der Waals surface area (Å²) in [5, 5.41) is 6.26. The molecule has 0 radical (unpaired) electrons. The van der Waals surface area contributed by atoms with Crippen LogP contribution in [0.25, 0.3) is 0 Å². The molecular weight excluding hydrogens is 238 g/mol. The highest BCUT2D eigenvalue weighted by Gasteiger charge is 2.00. The van der Waals surface area contributed by atoms with E-state index in [0.717, 1.165) is 32.6 Å². The third-order valence-electron chi connectivity index (χ3n) is 3.12. The summed E-state index contributed by atoms with van der Waals surface area (Å²) in [4.78, 5) is 13.7. The van der Waals surface area contributed by atoms with Crippen molar-refractivity contribution in [2.24, 2.45) is 0 Å². The van der Waals surface area contributed by atoms with Gasteiger partial charge in [0.1, 0.15) is 0 Å². The van der Waals surface area contributed by atoms with Crippen LogP contribution in [0.4, 0.5) is 0 Å². The lowest BCUT2D eigenvalue weighted by molar-refractivity contribution is -0.121. The van der Waals surface area contributed by atoms with Gasteiger partial charge >= 0.3 is 0 Å². The first-order valence-corrected chi connectivity index (χ1v) is 7.79. The van der Waals surface area contributed by atoms with Crippen molar-refractivity contribution in [1.82, 2.24) is 15.5 Å². The van der Waals surface area contributed by atoms with Crippen LogP contribution in [0.3, 0.4) is 0 Å². The van der Waals surface area contributed by atoms with Gasteiger partial charge in [0.05, 0.1) is 0 Å². The predicted octanol–water partition coefficient (Wildman–Crippen LogP) is 2.00. The molecule has 0 bridgehead atoms. The minimum absolute atomic E-state index is 0.199. The number of rotatable bonds is 13. The molecule has 0 aromatic rings. The molecule has 0 spiro atoms. The second kappa shape index (κ2) is 13.8. The van der Waals surface area contributed by atoms with Gasteiger partial charge in [-0.25, -0.2) is 0 Å². The van der Waals surface area contributed by atoms with Gasteiger partial charge in [0, 0.05) is 32.6 Å². The minimum Gasteiger partial charge on any atom is -0.355 e. The number of carbonyl (C=O) groups is 1. The Morgan fingerprint density at radius 3 is 2.32 bits per heavy atom. The monoisotopic (exact) mass is 271 g/mol. The quantitative estimate of drug-likeness (QED) is 0.504. The summed E-state index contributed by atoms with van der Waals surface area (Å²) in [7, 11) is 4.12. The second-order valence-electron chi connectivity index (χ2n) is 5.42. The average molecular weight is 271 g/mol. The van der Waals surface area contributed by atoms with Crippen LogP contribution in [0.2, 0.25) is 0 Å². The Bertz CT molecular complexity index is 208. The van der Waals surface area contributed by atoms with Crippen LogP contribution < -0.4 is 10.6 Å². The maximum Gasteiger partial charge on any atom is 0.220 e. The summed E-state index contributed by atoms with van der Waals surface area (Å²) >= 11 is 0. The molecule has 0 aromatic carbocycles. The lowest BCUT2D eigenvalue weighted by Gasteiger charge is -2.10. The number of amides is 1. The van der Waals surface area contributed by atoms with E-state index in [9.17, 15) is 4.79 Å². The number of nitrogens with zero attached hydrogens (tertiary/aromatic N) is 1. The smallest absolute Gasteiger partial charge is 0.220 e. The van der Waals surface area contributed by atoms with Gasteiger partial charge in [0.15, 0.2) is 0 Å². The average Bonchev–Trinajstić information content (AvgIpc) is 2.37. The molecular formula is C15H33N3O. The number of unbranched alkanes of at least 4 members (excludes halogenated alkanes) is 5.